The standard InChI is InChI=1S/C13H13N.C2H6/c1-10-3-4-11(2)13(9-10)12-5-7-14-8-6-12;1-2/h3-9H,1-2H3;1-2H3. The second-order valence-electron chi connectivity index (χ2n) is 3.55. The van der Waals surface area contributed by atoms with Gasteiger partial charge in [0.15, 0.2) is 0 Å². The van der Waals surface area contributed by atoms with Gasteiger partial charge in [0.1, 0.15) is 0 Å². The van der Waals surface area contributed by atoms with E-state index in [1.54, 1.807) is 0 Å². The van der Waals surface area contributed by atoms with E-state index in [9.17, 15) is 0 Å². The van der Waals surface area contributed by atoms with Gasteiger partial charge in [0.2, 0.25) is 0 Å². The number of benzene rings is 1. The molecule has 1 aromatic heterocycles. The van der Waals surface area contributed by atoms with E-state index in [1.807, 2.05) is 38.4 Å². The molecular weight excluding hydrogens is 194 g/mol. The van der Waals surface area contributed by atoms with E-state index in [-0.39, 0.29) is 0 Å². The van der Waals surface area contributed by atoms with Crippen molar-refractivity contribution in [3.8, 4) is 11.1 Å². The van der Waals surface area contributed by atoms with Crippen LogP contribution in [0.3, 0.4) is 0 Å². The van der Waals surface area contributed by atoms with Crippen LogP contribution < -0.4 is 0 Å². The molecule has 0 aliphatic heterocycles. The zero-order valence-corrected chi connectivity index (χ0v) is 10.5. The van der Waals surface area contributed by atoms with Crippen molar-refractivity contribution in [2.75, 3.05) is 0 Å². The Morgan fingerprint density at radius 3 is 2.12 bits per heavy atom. The van der Waals surface area contributed by atoms with Crippen molar-refractivity contribution >= 4 is 0 Å². The summed E-state index contributed by atoms with van der Waals surface area (Å²) in [6.07, 6.45) is 3.66. The van der Waals surface area contributed by atoms with Gasteiger partial charge in [-0.15, -0.1) is 0 Å². The summed E-state index contributed by atoms with van der Waals surface area (Å²) in [5, 5.41) is 0. The van der Waals surface area contributed by atoms with Gasteiger partial charge in [-0.1, -0.05) is 37.6 Å². The van der Waals surface area contributed by atoms with Crippen molar-refractivity contribution in [2.24, 2.45) is 0 Å². The summed E-state index contributed by atoms with van der Waals surface area (Å²) >= 11 is 0. The van der Waals surface area contributed by atoms with Crippen LogP contribution in [0, 0.1) is 13.8 Å². The van der Waals surface area contributed by atoms with Crippen molar-refractivity contribution in [3.05, 3.63) is 53.9 Å². The molecule has 16 heavy (non-hydrogen) atoms. The first-order valence-corrected chi connectivity index (χ1v) is 5.75. The number of hydrogen-bond acceptors (Lipinski definition) is 1. The Hall–Kier alpha value is -1.63. The van der Waals surface area contributed by atoms with E-state index in [0.29, 0.717) is 0 Å². The Kier molecular flexibility index (Phi) is 4.71. The summed E-state index contributed by atoms with van der Waals surface area (Å²) < 4.78 is 0. The highest BCUT2D eigenvalue weighted by Crippen LogP contribution is 2.23. The molecule has 0 atom stereocenters. The average molecular weight is 213 g/mol. The smallest absolute Gasteiger partial charge is 0.0273 e. The Morgan fingerprint density at radius 2 is 1.50 bits per heavy atom. The largest absolute Gasteiger partial charge is 0.265 e. The van der Waals surface area contributed by atoms with Gasteiger partial charge in [0.05, 0.1) is 0 Å². The highest BCUT2D eigenvalue weighted by molar-refractivity contribution is 5.67. The summed E-state index contributed by atoms with van der Waals surface area (Å²) in [5.41, 5.74) is 5.14. The molecule has 0 aliphatic rings. The SMILES string of the molecule is CC.Cc1ccc(C)c(-c2ccncc2)c1. The average Bonchev–Trinajstić information content (AvgIpc) is 2.36. The van der Waals surface area contributed by atoms with Gasteiger partial charge in [0, 0.05) is 12.4 Å². The summed E-state index contributed by atoms with van der Waals surface area (Å²) in [5.74, 6) is 0. The molecule has 84 valence electrons. The lowest BCUT2D eigenvalue weighted by Gasteiger charge is -2.06. The Labute approximate surface area is 98.2 Å². The number of pyridine rings is 1. The van der Waals surface area contributed by atoms with Gasteiger partial charge >= 0.3 is 0 Å². The van der Waals surface area contributed by atoms with Gasteiger partial charge in [-0.25, -0.2) is 0 Å². The molecule has 0 fully saturated rings. The molecule has 0 unspecified atom stereocenters. The number of aromatic nitrogens is 1. The molecule has 1 heteroatoms. The van der Waals surface area contributed by atoms with Gasteiger partial charge in [-0.3, -0.25) is 4.98 Å². The van der Waals surface area contributed by atoms with Crippen molar-refractivity contribution in [3.63, 3.8) is 0 Å². The monoisotopic (exact) mass is 213 g/mol. The van der Waals surface area contributed by atoms with Crippen LogP contribution in [0.5, 0.6) is 0 Å². The van der Waals surface area contributed by atoms with E-state index in [0.717, 1.165) is 0 Å². The molecular formula is C15H19N. The van der Waals surface area contributed by atoms with Crippen LogP contribution in [0.15, 0.2) is 42.7 Å². The van der Waals surface area contributed by atoms with Crippen LogP contribution in [-0.2, 0) is 0 Å². The minimum Gasteiger partial charge on any atom is -0.265 e. The molecule has 1 heterocycles. The normalized spacial score (nSPS) is 9.25. The quantitative estimate of drug-likeness (QED) is 0.684. The number of rotatable bonds is 1. The van der Waals surface area contributed by atoms with Crippen LogP contribution >= 0.6 is 0 Å². The lowest BCUT2D eigenvalue weighted by Crippen LogP contribution is -1.84. The fourth-order valence-corrected chi connectivity index (χ4v) is 1.58. The third kappa shape index (κ3) is 2.93. The first kappa shape index (κ1) is 12.4. The van der Waals surface area contributed by atoms with Gasteiger partial charge in [-0.2, -0.15) is 0 Å². The van der Waals surface area contributed by atoms with Gasteiger partial charge in [-0.05, 0) is 42.7 Å². The third-order valence-electron chi connectivity index (χ3n) is 2.38. The maximum atomic E-state index is 4.02. The first-order valence-electron chi connectivity index (χ1n) is 5.75. The minimum absolute atomic E-state index is 1.24. The molecule has 0 saturated carbocycles. The fraction of sp³-hybridized carbons (Fsp3) is 0.267. The zero-order chi connectivity index (χ0) is 12.0. The summed E-state index contributed by atoms with van der Waals surface area (Å²) in [6, 6.07) is 10.6. The maximum absolute atomic E-state index is 4.02. The number of hydrogen-bond donors (Lipinski definition) is 0. The second kappa shape index (κ2) is 6.06. The lowest BCUT2D eigenvalue weighted by molar-refractivity contribution is 1.32. The van der Waals surface area contributed by atoms with Crippen LogP contribution in [0.2, 0.25) is 0 Å². The summed E-state index contributed by atoms with van der Waals surface area (Å²) in [6.45, 7) is 8.25. The van der Waals surface area contributed by atoms with Gasteiger partial charge < -0.3 is 0 Å². The van der Waals surface area contributed by atoms with E-state index < -0.39 is 0 Å². The highest BCUT2D eigenvalue weighted by Gasteiger charge is 2.00. The first-order chi connectivity index (χ1) is 7.77. The van der Waals surface area contributed by atoms with Crippen molar-refractivity contribution in [2.45, 2.75) is 27.7 Å². The molecule has 0 amide bonds. The molecule has 2 aromatic rings. The van der Waals surface area contributed by atoms with Crippen LogP contribution in [-0.4, -0.2) is 4.98 Å². The molecule has 0 aliphatic carbocycles. The Balaban J connectivity index is 0.000000606. The molecule has 2 rings (SSSR count). The van der Waals surface area contributed by atoms with Crippen LogP contribution in [0.4, 0.5) is 0 Å². The minimum atomic E-state index is 1.24. The van der Waals surface area contributed by atoms with Crippen LogP contribution in [0.1, 0.15) is 25.0 Å². The second-order valence-corrected chi connectivity index (χ2v) is 3.55. The third-order valence-corrected chi connectivity index (χ3v) is 2.38. The highest BCUT2D eigenvalue weighted by atomic mass is 14.6. The van der Waals surface area contributed by atoms with Gasteiger partial charge in [0.25, 0.3) is 0 Å². The van der Waals surface area contributed by atoms with Crippen molar-refractivity contribution < 1.29 is 0 Å². The summed E-state index contributed by atoms with van der Waals surface area (Å²) in [4.78, 5) is 4.02. The fourth-order valence-electron chi connectivity index (χ4n) is 1.58. The van der Waals surface area contributed by atoms with Crippen LogP contribution in [0.25, 0.3) is 11.1 Å². The summed E-state index contributed by atoms with van der Waals surface area (Å²) in [7, 11) is 0. The van der Waals surface area contributed by atoms with E-state index in [1.165, 1.54) is 22.3 Å². The molecule has 0 spiro atoms. The molecule has 0 radical (unpaired) electrons. The number of aryl methyl sites for hydroxylation is 2. The molecule has 0 saturated heterocycles. The van der Waals surface area contributed by atoms with Crippen molar-refractivity contribution in [1.82, 2.24) is 4.98 Å². The molecule has 1 nitrogen and oxygen atoms in total. The predicted molar refractivity (Wildman–Crippen MR) is 70.5 cm³/mol. The van der Waals surface area contributed by atoms with Crippen molar-refractivity contribution in [1.29, 1.82) is 0 Å². The lowest BCUT2D eigenvalue weighted by atomic mass is 10.00. The molecule has 0 N–H and O–H groups in total. The maximum Gasteiger partial charge on any atom is 0.0273 e. The number of nitrogens with zero attached hydrogens (tertiary/aromatic N) is 1. The Morgan fingerprint density at radius 1 is 0.875 bits per heavy atom. The zero-order valence-electron chi connectivity index (χ0n) is 10.5. The Bertz CT molecular complexity index is 432. The molecule has 0 bridgehead atoms. The predicted octanol–water partition coefficient (Wildman–Crippen LogP) is 4.39. The van der Waals surface area contributed by atoms with E-state index in [2.05, 4.69) is 37.0 Å². The van der Waals surface area contributed by atoms with E-state index in [4.69, 9.17) is 0 Å². The van der Waals surface area contributed by atoms with E-state index >= 15 is 0 Å². The topological polar surface area (TPSA) is 12.9 Å². The molecule has 1 aromatic carbocycles.